The van der Waals surface area contributed by atoms with E-state index in [1.807, 2.05) is 132 Å². The number of likely N-dealkylation sites (tertiary alicyclic amines) is 1. The first-order valence-electron chi connectivity index (χ1n) is 48.3. The minimum atomic E-state index is -1.77. The summed E-state index contributed by atoms with van der Waals surface area (Å²) in [7, 11) is 9.93. The third kappa shape index (κ3) is 32.1. The second-order valence-electron chi connectivity index (χ2n) is 38.6. The largest absolute Gasteiger partial charge is 0.444 e. The van der Waals surface area contributed by atoms with Gasteiger partial charge in [0, 0.05) is 73.3 Å². The number of carbonyl (C=O) groups is 14. The van der Waals surface area contributed by atoms with Crippen LogP contribution >= 0.6 is 21.6 Å². The maximum Gasteiger partial charge on any atom is 0.408 e. The number of rotatable bonds is 48. The van der Waals surface area contributed by atoms with Crippen LogP contribution in [0.4, 0.5) is 4.79 Å². The Morgan fingerprint density at radius 2 is 0.871 bits per heavy atom. The molecule has 0 aliphatic carbocycles. The van der Waals surface area contributed by atoms with Crippen molar-refractivity contribution in [2.24, 2.45) is 23.7 Å². The van der Waals surface area contributed by atoms with Crippen molar-refractivity contribution in [3.8, 4) is 5.75 Å². The van der Waals surface area contributed by atoms with Crippen molar-refractivity contribution in [3.05, 3.63) is 239 Å². The first-order chi connectivity index (χ1) is 66.4. The van der Waals surface area contributed by atoms with Crippen molar-refractivity contribution in [2.75, 3.05) is 60.6 Å². The SMILES string of the molecule is CCSSc1cccc(C)c1OC(=O)C[C@H](NC(=O)C(Cc1ccccc1)NC(=O)[C@H](C(C)C)N(C)C(=O)[C@H](CC(C)C)N(C)C(=O)CNC(=O)[C@H](Cc1ccccc1)N(C)C(=O)[C@@H](NC(=O)C(CC(C)C)N(C)C(=O)[C@@H](NC(=O)[C@H](C)NC(=O)OC(C)(C)C)C(C)C)[C@@H](C)OC(c1ccccc1)(c1ccccc1)c1ccccc1)C(=O)N(C)C(Cc1ccccc1)C(=O)N[C@@H](C)C(=O)N1CCCCC1. The number of amides is 13. The van der Waals surface area contributed by atoms with Crippen molar-refractivity contribution in [2.45, 2.75) is 257 Å². The quantitative estimate of drug-likeness (QED) is 0.00806. The van der Waals surface area contributed by atoms with Crippen LogP contribution in [0.15, 0.2) is 205 Å². The first-order valence-corrected chi connectivity index (χ1v) is 50.7. The summed E-state index contributed by atoms with van der Waals surface area (Å²) < 4.78 is 19.1. The average Bonchev–Trinajstić information content (AvgIpc) is 0.746. The highest BCUT2D eigenvalue weighted by atomic mass is 33.1. The number of para-hydroxylation sites is 1. The molecule has 1 saturated heterocycles. The standard InChI is InChI=1S/C108H145N13O17S2/c1-22-139-140-88-58-44-45-72(10)94(88)136-90(123)66-83(102(131)117(18)86(65-78-50-34-25-35-51-78)98(127)110-74(12)101(130)121-59-42-29-43-60-121)113-96(125)82(63-76-46-30-23-31-47-76)112-100(129)93(71(8)9)120(21)103(132)87(62-69(4)5)116(17)89(122)67-109-97(126)85(64-77-48-32-24-33-49-77)119(20)105(134)92(75(13)137-108(79-52-36-26-37-53-79,80-54-38-27-39-55-80)81-56-40-28-41-57-81)115-99(128)84(61-68(2)3)118(19)104(133)91(70(6)7)114-95(124)73(11)111-106(135)138-107(14,15)16/h23-28,30-41,44-58,68-71,73-75,82-87,91-93H,22,29,42-43,59-67H2,1-21H3,(H,109,126)(H,110,127)(H,111,135)(H,112,129)(H,113,125)(H,114,124)(H,115,128)/t73-,74-,75+,82?,83-,84?,85-,86?,87-,91-,92-,93-/m0/s1. The summed E-state index contributed by atoms with van der Waals surface area (Å²) in [5.74, 6) is -10.6. The van der Waals surface area contributed by atoms with Gasteiger partial charge in [0.1, 0.15) is 83.4 Å². The zero-order chi connectivity index (χ0) is 103. The number of nitrogens with one attached hydrogen (secondary N) is 7. The van der Waals surface area contributed by atoms with Crippen molar-refractivity contribution in [1.29, 1.82) is 0 Å². The highest BCUT2D eigenvalue weighted by Crippen LogP contribution is 2.43. The van der Waals surface area contributed by atoms with Crippen LogP contribution in [0.5, 0.6) is 5.75 Å². The summed E-state index contributed by atoms with van der Waals surface area (Å²) in [4.78, 5) is 219. The molecule has 1 aliphatic heterocycles. The van der Waals surface area contributed by atoms with Crippen LogP contribution in [0.1, 0.15) is 181 Å². The molecule has 7 aromatic carbocycles. The second-order valence-corrected chi connectivity index (χ2v) is 41.2. The molecule has 0 radical (unpaired) electrons. The van der Waals surface area contributed by atoms with Crippen LogP contribution in [0.2, 0.25) is 0 Å². The molecule has 3 unspecified atom stereocenters. The molecule has 8 rings (SSSR count). The molecular weight excluding hydrogens is 1820 g/mol. The normalized spacial score (nSPS) is 14.8. The minimum Gasteiger partial charge on any atom is -0.444 e. The Balaban J connectivity index is 1.11. The third-order valence-electron chi connectivity index (χ3n) is 24.8. The molecule has 0 aromatic heterocycles. The maximum absolute atomic E-state index is 16.5. The van der Waals surface area contributed by atoms with Crippen LogP contribution in [0.25, 0.3) is 0 Å². The van der Waals surface area contributed by atoms with Crippen LogP contribution in [-0.4, -0.2) is 251 Å². The zero-order valence-electron chi connectivity index (χ0n) is 84.9. The van der Waals surface area contributed by atoms with Gasteiger partial charge in [-0.2, -0.15) is 0 Å². The predicted octanol–water partition coefficient (Wildman–Crippen LogP) is 12.2. The molecule has 32 heteroatoms. The van der Waals surface area contributed by atoms with Gasteiger partial charge in [0.05, 0.1) is 24.0 Å². The lowest BCUT2D eigenvalue weighted by Gasteiger charge is -2.41. The summed E-state index contributed by atoms with van der Waals surface area (Å²) in [6, 6.07) is 44.7. The number of esters is 1. The molecule has 140 heavy (non-hydrogen) atoms. The number of aryl methyl sites for hydroxylation is 1. The molecule has 7 N–H and O–H groups in total. The monoisotopic (exact) mass is 1960 g/mol. The minimum absolute atomic E-state index is 0.0367. The fraction of sp³-hybridized carbons (Fsp3) is 0.481. The Bertz CT molecular complexity index is 5190. The molecule has 1 aliphatic rings. The average molecular weight is 1960 g/mol. The number of piperidine rings is 1. The number of carbonyl (C=O) groups excluding carboxylic acids is 14. The maximum atomic E-state index is 16.5. The number of likely N-dealkylation sites (N-methyl/N-ethyl adjacent to an activating group) is 5. The van der Waals surface area contributed by atoms with E-state index in [0.717, 1.165) is 29.9 Å². The Kier molecular flexibility index (Phi) is 43.4. The van der Waals surface area contributed by atoms with E-state index in [4.69, 9.17) is 14.2 Å². The van der Waals surface area contributed by atoms with Gasteiger partial charge in [-0.05, 0) is 149 Å². The molecule has 13 amide bonds. The number of hydrogen-bond acceptors (Lipinski definition) is 19. The zero-order valence-corrected chi connectivity index (χ0v) is 86.6. The predicted molar refractivity (Wildman–Crippen MR) is 545 cm³/mol. The van der Waals surface area contributed by atoms with E-state index >= 15 is 43.2 Å². The topological polar surface area (TPSA) is 370 Å². The van der Waals surface area contributed by atoms with E-state index in [-0.39, 0.29) is 55.6 Å². The van der Waals surface area contributed by atoms with E-state index in [1.165, 1.54) is 83.3 Å². The lowest BCUT2D eigenvalue weighted by molar-refractivity contribution is -0.151. The molecule has 0 spiro atoms. The van der Waals surface area contributed by atoms with E-state index in [2.05, 4.69) is 37.2 Å². The van der Waals surface area contributed by atoms with Crippen molar-refractivity contribution >= 4 is 105 Å². The van der Waals surface area contributed by atoms with Gasteiger partial charge < -0.3 is 80.8 Å². The number of alkyl carbamates (subject to hydrolysis) is 1. The van der Waals surface area contributed by atoms with E-state index < -0.39 is 186 Å². The second kappa shape index (κ2) is 53.8. The molecule has 7 aromatic rings. The van der Waals surface area contributed by atoms with Gasteiger partial charge in [-0.3, -0.25) is 62.3 Å². The molecule has 756 valence electrons. The molecule has 12 atom stereocenters. The Labute approximate surface area is 834 Å². The van der Waals surface area contributed by atoms with Crippen molar-refractivity contribution < 1.29 is 81.3 Å². The molecule has 0 bridgehead atoms. The first kappa shape index (κ1) is 113. The van der Waals surface area contributed by atoms with Gasteiger partial charge in [0.15, 0.2) is 0 Å². The Morgan fingerprint density at radius 1 is 0.421 bits per heavy atom. The molecular formula is C108H145N13O17S2. The highest BCUT2D eigenvalue weighted by Gasteiger charge is 2.48. The van der Waals surface area contributed by atoms with Crippen LogP contribution in [0, 0.1) is 30.6 Å². The van der Waals surface area contributed by atoms with Gasteiger partial charge in [-0.25, -0.2) is 4.79 Å². The number of ether oxygens (including phenoxy) is 3. The van der Waals surface area contributed by atoms with Gasteiger partial charge >= 0.3 is 12.1 Å². The van der Waals surface area contributed by atoms with E-state index in [0.29, 0.717) is 56.9 Å². The third-order valence-corrected chi connectivity index (χ3v) is 27.2. The summed E-state index contributed by atoms with van der Waals surface area (Å²) in [5.41, 5.74) is 1.96. The lowest BCUT2D eigenvalue weighted by Crippen LogP contribution is -2.63. The van der Waals surface area contributed by atoms with Crippen LogP contribution in [0.3, 0.4) is 0 Å². The van der Waals surface area contributed by atoms with Gasteiger partial charge in [-0.1, -0.05) is 278 Å². The highest BCUT2D eigenvalue weighted by molar-refractivity contribution is 8.76. The summed E-state index contributed by atoms with van der Waals surface area (Å²) in [5, 5.41) is 19.7. The molecule has 1 heterocycles. The number of benzene rings is 7. The lowest BCUT2D eigenvalue weighted by atomic mass is 9.79. The number of hydrogen-bond donors (Lipinski definition) is 7. The summed E-state index contributed by atoms with van der Waals surface area (Å²) >= 11 is 0. The van der Waals surface area contributed by atoms with Crippen LogP contribution < -0.4 is 42.0 Å². The van der Waals surface area contributed by atoms with Gasteiger partial charge in [-0.15, -0.1) is 0 Å². The fourth-order valence-corrected chi connectivity index (χ4v) is 18.9. The fourth-order valence-electron chi connectivity index (χ4n) is 17.1. The van der Waals surface area contributed by atoms with Gasteiger partial charge in [0.2, 0.25) is 70.9 Å². The van der Waals surface area contributed by atoms with Crippen molar-refractivity contribution in [1.82, 2.24) is 66.6 Å². The molecule has 1 fully saturated rings. The number of nitrogens with zero attached hydrogens (tertiary/aromatic N) is 6. The van der Waals surface area contributed by atoms with E-state index in [1.54, 1.807) is 177 Å². The molecule has 0 saturated carbocycles. The smallest absolute Gasteiger partial charge is 0.408 e. The van der Waals surface area contributed by atoms with E-state index in [9.17, 15) is 24.0 Å². The van der Waals surface area contributed by atoms with Gasteiger partial charge in [0.25, 0.3) is 0 Å². The Hall–Kier alpha value is -12.4. The van der Waals surface area contributed by atoms with Crippen LogP contribution in [-0.2, 0) is 96.7 Å². The summed E-state index contributed by atoms with van der Waals surface area (Å²) in [6.45, 7) is 28.0. The Morgan fingerprint density at radius 3 is 1.36 bits per heavy atom. The van der Waals surface area contributed by atoms with Crippen molar-refractivity contribution in [3.63, 3.8) is 0 Å². The molecule has 30 nitrogen and oxygen atoms in total. The summed E-state index contributed by atoms with van der Waals surface area (Å²) in [6.07, 6.45) is -0.687.